The van der Waals surface area contributed by atoms with E-state index in [-0.39, 0.29) is 5.78 Å². The largest absolute Gasteiger partial charge is 0.497 e. The molecule has 0 radical (unpaired) electrons. The maximum Gasteiger partial charge on any atom is 0.341 e. The molecular formula is C23H17NO6. The molecule has 0 saturated heterocycles. The smallest absolute Gasteiger partial charge is 0.341 e. The second-order valence-electron chi connectivity index (χ2n) is 6.51. The first-order valence-electron chi connectivity index (χ1n) is 9.07. The van der Waals surface area contributed by atoms with E-state index in [2.05, 4.69) is 5.16 Å². The number of rotatable bonds is 7. The summed E-state index contributed by atoms with van der Waals surface area (Å²) in [6.45, 7) is -0.416. The third-order valence-corrected chi connectivity index (χ3v) is 4.63. The van der Waals surface area contributed by atoms with Gasteiger partial charge in [0.05, 0.1) is 7.11 Å². The van der Waals surface area contributed by atoms with Gasteiger partial charge in [-0.1, -0.05) is 23.4 Å². The summed E-state index contributed by atoms with van der Waals surface area (Å²) in [5.41, 5.74) is 3.76. The van der Waals surface area contributed by atoms with E-state index in [1.54, 1.807) is 61.7 Å². The third-order valence-electron chi connectivity index (χ3n) is 4.63. The molecule has 1 aliphatic heterocycles. The molecule has 2 aliphatic rings. The number of carbonyl (C=O) groups excluding carboxylic acids is 1. The first-order chi connectivity index (χ1) is 14.6. The predicted octanol–water partition coefficient (Wildman–Crippen LogP) is 4.15. The third kappa shape index (κ3) is 3.73. The van der Waals surface area contributed by atoms with Crippen LogP contribution < -0.4 is 9.47 Å². The van der Waals surface area contributed by atoms with Crippen molar-refractivity contribution in [1.29, 1.82) is 0 Å². The van der Waals surface area contributed by atoms with E-state index < -0.39 is 12.6 Å². The van der Waals surface area contributed by atoms with Crippen molar-refractivity contribution in [3.05, 3.63) is 78.1 Å². The van der Waals surface area contributed by atoms with Gasteiger partial charge in [0.15, 0.2) is 12.4 Å². The zero-order chi connectivity index (χ0) is 21.1. The normalized spacial score (nSPS) is 10.7. The highest BCUT2D eigenvalue weighted by molar-refractivity contribution is 6.14. The highest BCUT2D eigenvalue weighted by Crippen LogP contribution is 2.37. The van der Waals surface area contributed by atoms with Crippen molar-refractivity contribution < 1.29 is 28.7 Å². The summed E-state index contributed by atoms with van der Waals surface area (Å²) < 4.78 is 15.6. The highest BCUT2D eigenvalue weighted by atomic mass is 16.5. The summed E-state index contributed by atoms with van der Waals surface area (Å²) in [6, 6.07) is 17.4. The summed E-state index contributed by atoms with van der Waals surface area (Å²) in [4.78, 5) is 23.6. The number of ketones is 1. The summed E-state index contributed by atoms with van der Waals surface area (Å²) in [5.74, 6) is -0.154. The standard InChI is InChI=1S/C23H17NO6/c1-28-17-4-2-3-15(11-17)23(27)19-10-9-18-20(19)12-30-24-22(18)14-5-7-16(8-6-14)29-13-21(25)26/h2-12H,13H2,1H3,(H,25,26). The van der Waals surface area contributed by atoms with Crippen LogP contribution in [0.25, 0.3) is 22.4 Å². The molecule has 0 aromatic heterocycles. The van der Waals surface area contributed by atoms with Crippen LogP contribution in [0.15, 0.2) is 71.4 Å². The number of fused-ring (bicyclic) bond motifs is 1. The molecule has 0 unspecified atom stereocenters. The molecule has 1 N–H and O–H groups in total. The minimum absolute atomic E-state index is 0.145. The fourth-order valence-corrected chi connectivity index (χ4v) is 3.19. The van der Waals surface area contributed by atoms with Crippen LogP contribution in [0.3, 0.4) is 0 Å². The number of benzene rings is 2. The van der Waals surface area contributed by atoms with Crippen LogP contribution in [0.5, 0.6) is 11.5 Å². The second kappa shape index (κ2) is 8.08. The Bertz CT molecular complexity index is 1180. The van der Waals surface area contributed by atoms with Gasteiger partial charge in [0.1, 0.15) is 23.5 Å². The number of hydrogen-bond donors (Lipinski definition) is 1. The van der Waals surface area contributed by atoms with E-state index in [0.717, 1.165) is 11.1 Å². The SMILES string of the molecule is COc1cccc(C(=O)c2ccc3c(-c4ccc(OCC(=O)O)cc4)nocc2-3)c1. The molecular weight excluding hydrogens is 386 g/mol. The maximum atomic E-state index is 13.0. The van der Waals surface area contributed by atoms with Gasteiger partial charge in [-0.3, -0.25) is 4.79 Å². The number of carboxylic acids is 1. The highest BCUT2D eigenvalue weighted by Gasteiger charge is 2.22. The first-order valence-corrected chi connectivity index (χ1v) is 9.07. The molecule has 0 saturated carbocycles. The Kier molecular flexibility index (Phi) is 5.17. The molecule has 7 nitrogen and oxygen atoms in total. The maximum absolute atomic E-state index is 13.0. The number of methoxy groups -OCH3 is 1. The van der Waals surface area contributed by atoms with E-state index in [1.807, 2.05) is 6.07 Å². The van der Waals surface area contributed by atoms with Gasteiger partial charge < -0.3 is 19.1 Å². The number of nitrogens with zero attached hydrogens (tertiary/aromatic N) is 1. The van der Waals surface area contributed by atoms with Crippen molar-refractivity contribution in [2.24, 2.45) is 0 Å². The molecule has 0 atom stereocenters. The van der Waals surface area contributed by atoms with Crippen molar-refractivity contribution in [2.45, 2.75) is 0 Å². The Labute approximate surface area is 171 Å². The van der Waals surface area contributed by atoms with Gasteiger partial charge in [0, 0.05) is 27.8 Å². The van der Waals surface area contributed by atoms with Crippen LogP contribution in [0.4, 0.5) is 0 Å². The van der Waals surface area contributed by atoms with Crippen LogP contribution in [-0.2, 0) is 4.79 Å². The topological polar surface area (TPSA) is 98.9 Å². The van der Waals surface area contributed by atoms with E-state index in [4.69, 9.17) is 19.1 Å². The number of carbonyl (C=O) groups is 2. The minimum Gasteiger partial charge on any atom is -0.497 e. The van der Waals surface area contributed by atoms with Crippen LogP contribution in [-0.4, -0.2) is 35.7 Å². The molecule has 0 fully saturated rings. The van der Waals surface area contributed by atoms with Gasteiger partial charge in [0.2, 0.25) is 0 Å². The van der Waals surface area contributed by atoms with Crippen molar-refractivity contribution >= 4 is 11.8 Å². The van der Waals surface area contributed by atoms with Gasteiger partial charge in [-0.2, -0.15) is 0 Å². The monoisotopic (exact) mass is 403 g/mol. The van der Waals surface area contributed by atoms with Crippen LogP contribution in [0.1, 0.15) is 15.9 Å². The van der Waals surface area contributed by atoms with Gasteiger partial charge in [0.25, 0.3) is 0 Å². The second-order valence-corrected chi connectivity index (χ2v) is 6.51. The number of hydrogen-bond acceptors (Lipinski definition) is 6. The van der Waals surface area contributed by atoms with Crippen molar-refractivity contribution in [2.75, 3.05) is 13.7 Å². The number of ether oxygens (including phenoxy) is 2. The van der Waals surface area contributed by atoms with E-state index in [0.29, 0.717) is 33.9 Å². The zero-order valence-electron chi connectivity index (χ0n) is 16.0. The van der Waals surface area contributed by atoms with Gasteiger partial charge in [-0.25, -0.2) is 4.79 Å². The molecule has 0 spiro atoms. The molecule has 1 aliphatic carbocycles. The molecule has 2 aromatic carbocycles. The van der Waals surface area contributed by atoms with Gasteiger partial charge >= 0.3 is 5.97 Å². The van der Waals surface area contributed by atoms with E-state index in [1.165, 1.54) is 6.26 Å². The number of aliphatic carboxylic acids is 1. The van der Waals surface area contributed by atoms with E-state index in [9.17, 15) is 9.59 Å². The number of carboxylic acid groups (broad SMARTS) is 1. The molecule has 0 amide bonds. The lowest BCUT2D eigenvalue weighted by Crippen LogP contribution is -2.09. The van der Waals surface area contributed by atoms with Crippen LogP contribution >= 0.6 is 0 Å². The van der Waals surface area contributed by atoms with Crippen LogP contribution in [0, 0.1) is 0 Å². The fourth-order valence-electron chi connectivity index (χ4n) is 3.19. The lowest BCUT2D eigenvalue weighted by atomic mass is 9.98. The molecule has 1 heterocycles. The molecule has 30 heavy (non-hydrogen) atoms. The summed E-state index contributed by atoms with van der Waals surface area (Å²) in [5, 5.41) is 12.8. The Morgan fingerprint density at radius 3 is 2.53 bits per heavy atom. The Hall–Kier alpha value is -4.13. The average Bonchev–Trinajstić information content (AvgIpc) is 3.22. The summed E-state index contributed by atoms with van der Waals surface area (Å²) in [7, 11) is 1.55. The molecule has 7 heteroatoms. The lowest BCUT2D eigenvalue weighted by Gasteiger charge is -2.09. The molecule has 150 valence electrons. The van der Waals surface area contributed by atoms with Crippen molar-refractivity contribution in [3.63, 3.8) is 0 Å². The Morgan fingerprint density at radius 1 is 1.00 bits per heavy atom. The Balaban J connectivity index is 1.63. The molecule has 0 bridgehead atoms. The van der Waals surface area contributed by atoms with Gasteiger partial charge in [-0.05, 0) is 42.5 Å². The lowest BCUT2D eigenvalue weighted by molar-refractivity contribution is -0.139. The van der Waals surface area contributed by atoms with Crippen molar-refractivity contribution in [1.82, 2.24) is 5.16 Å². The Morgan fingerprint density at radius 2 is 1.80 bits per heavy atom. The van der Waals surface area contributed by atoms with Crippen molar-refractivity contribution in [3.8, 4) is 33.9 Å². The summed E-state index contributed by atoms with van der Waals surface area (Å²) in [6.07, 6.45) is 1.45. The number of aromatic nitrogens is 1. The first kappa shape index (κ1) is 19.2. The fraction of sp³-hybridized carbons (Fsp3) is 0.0870. The van der Waals surface area contributed by atoms with E-state index >= 15 is 0 Å². The van der Waals surface area contributed by atoms with Gasteiger partial charge in [-0.15, -0.1) is 0 Å². The minimum atomic E-state index is -1.05. The summed E-state index contributed by atoms with van der Waals surface area (Å²) >= 11 is 0. The molecule has 4 rings (SSSR count). The molecule has 2 aromatic rings. The van der Waals surface area contributed by atoms with Crippen LogP contribution in [0.2, 0.25) is 0 Å². The predicted molar refractivity (Wildman–Crippen MR) is 108 cm³/mol. The average molecular weight is 403 g/mol. The quantitative estimate of drug-likeness (QED) is 0.463. The zero-order valence-corrected chi connectivity index (χ0v) is 16.0.